The average molecular weight is 530 g/mol. The Bertz CT molecular complexity index is 1430. The molecular weight excluding hydrogens is 501 g/mol. The molecule has 0 bridgehead atoms. The van der Waals surface area contributed by atoms with Crippen molar-refractivity contribution in [1.82, 2.24) is 4.90 Å². The molecule has 38 heavy (non-hydrogen) atoms. The second-order valence-corrected chi connectivity index (χ2v) is 9.61. The van der Waals surface area contributed by atoms with E-state index in [2.05, 4.69) is 5.32 Å². The lowest BCUT2D eigenvalue weighted by molar-refractivity contribution is 0.0674. The van der Waals surface area contributed by atoms with Gasteiger partial charge in [0.1, 0.15) is 5.82 Å². The SMILES string of the molecule is CC(c1ccccc1)N(Cc1cc(NC(=O)c2ccccc2Cl)ccc1N(C)C)C(=O)c1ccc(F)cc1. The van der Waals surface area contributed by atoms with E-state index in [1.54, 1.807) is 29.2 Å². The molecule has 0 fully saturated rings. The van der Waals surface area contributed by atoms with Gasteiger partial charge in [0, 0.05) is 37.6 Å². The minimum atomic E-state index is -0.402. The Morgan fingerprint density at radius 3 is 2.21 bits per heavy atom. The zero-order valence-electron chi connectivity index (χ0n) is 21.5. The number of nitrogens with zero attached hydrogens (tertiary/aromatic N) is 2. The standard InChI is InChI=1S/C31H29ClFN3O2/c1-21(22-9-5-4-6-10-22)36(31(38)23-13-15-25(33)16-14-23)20-24-19-26(17-18-29(24)35(2)3)34-30(37)27-11-7-8-12-28(27)32/h4-19,21H,20H2,1-3H3,(H,34,37). The summed E-state index contributed by atoms with van der Waals surface area (Å²) in [7, 11) is 3.85. The van der Waals surface area contributed by atoms with Crippen molar-refractivity contribution in [2.45, 2.75) is 19.5 Å². The summed E-state index contributed by atoms with van der Waals surface area (Å²) in [5.41, 5.74) is 4.06. The maximum Gasteiger partial charge on any atom is 0.257 e. The number of benzene rings is 4. The molecule has 0 saturated carbocycles. The van der Waals surface area contributed by atoms with Crippen LogP contribution in [0.3, 0.4) is 0 Å². The maximum atomic E-state index is 13.7. The first kappa shape index (κ1) is 26.9. The Hall–Kier alpha value is -4.16. The number of amides is 2. The fourth-order valence-corrected chi connectivity index (χ4v) is 4.53. The van der Waals surface area contributed by atoms with Crippen molar-refractivity contribution in [3.05, 3.63) is 130 Å². The number of carbonyl (C=O) groups is 2. The molecule has 1 unspecified atom stereocenters. The zero-order chi connectivity index (χ0) is 27.2. The summed E-state index contributed by atoms with van der Waals surface area (Å²) < 4.78 is 13.6. The number of nitrogens with one attached hydrogen (secondary N) is 1. The molecule has 0 heterocycles. The third kappa shape index (κ3) is 6.21. The van der Waals surface area contributed by atoms with E-state index in [9.17, 15) is 14.0 Å². The highest BCUT2D eigenvalue weighted by Gasteiger charge is 2.25. The molecule has 0 aromatic heterocycles. The van der Waals surface area contributed by atoms with Gasteiger partial charge in [-0.15, -0.1) is 0 Å². The van der Waals surface area contributed by atoms with Gasteiger partial charge in [0.25, 0.3) is 11.8 Å². The molecule has 1 N–H and O–H groups in total. The first-order chi connectivity index (χ1) is 18.2. The first-order valence-corrected chi connectivity index (χ1v) is 12.6. The van der Waals surface area contributed by atoms with Crippen LogP contribution >= 0.6 is 11.6 Å². The Labute approximate surface area is 227 Å². The van der Waals surface area contributed by atoms with Gasteiger partial charge in [0.15, 0.2) is 0 Å². The van der Waals surface area contributed by atoms with Gasteiger partial charge in [-0.2, -0.15) is 0 Å². The summed E-state index contributed by atoms with van der Waals surface area (Å²) in [5, 5.41) is 3.28. The van der Waals surface area contributed by atoms with Gasteiger partial charge in [-0.05, 0) is 72.6 Å². The van der Waals surface area contributed by atoms with Crippen molar-refractivity contribution in [3.63, 3.8) is 0 Å². The van der Waals surface area contributed by atoms with Crippen LogP contribution in [0.1, 0.15) is 44.8 Å². The third-order valence-electron chi connectivity index (χ3n) is 6.38. The van der Waals surface area contributed by atoms with Gasteiger partial charge in [-0.3, -0.25) is 9.59 Å². The lowest BCUT2D eigenvalue weighted by atomic mass is 10.0. The molecule has 4 aromatic rings. The number of rotatable bonds is 8. The summed E-state index contributed by atoms with van der Waals surface area (Å²) in [4.78, 5) is 30.4. The lowest BCUT2D eigenvalue weighted by Crippen LogP contribution is -2.33. The molecule has 5 nitrogen and oxygen atoms in total. The highest BCUT2D eigenvalue weighted by molar-refractivity contribution is 6.34. The number of anilines is 2. The van der Waals surface area contributed by atoms with Crippen LogP contribution in [-0.4, -0.2) is 30.8 Å². The lowest BCUT2D eigenvalue weighted by Gasteiger charge is -2.31. The molecule has 7 heteroatoms. The van der Waals surface area contributed by atoms with E-state index in [0.29, 0.717) is 21.8 Å². The van der Waals surface area contributed by atoms with E-state index in [1.807, 2.05) is 74.4 Å². The molecule has 0 aliphatic rings. The summed E-state index contributed by atoms with van der Waals surface area (Å²) in [5.74, 6) is -0.950. The minimum absolute atomic E-state index is 0.225. The van der Waals surface area contributed by atoms with Crippen LogP contribution in [0.5, 0.6) is 0 Å². The topological polar surface area (TPSA) is 52.7 Å². The molecule has 4 rings (SSSR count). The average Bonchev–Trinajstić information content (AvgIpc) is 2.92. The second-order valence-electron chi connectivity index (χ2n) is 9.20. The molecule has 0 radical (unpaired) electrons. The fourth-order valence-electron chi connectivity index (χ4n) is 4.31. The van der Waals surface area contributed by atoms with E-state index in [0.717, 1.165) is 16.8 Å². The Morgan fingerprint density at radius 2 is 1.55 bits per heavy atom. The van der Waals surface area contributed by atoms with Crippen molar-refractivity contribution in [2.75, 3.05) is 24.3 Å². The van der Waals surface area contributed by atoms with Crippen molar-refractivity contribution in [3.8, 4) is 0 Å². The molecule has 0 spiro atoms. The predicted molar refractivity (Wildman–Crippen MR) is 151 cm³/mol. The largest absolute Gasteiger partial charge is 0.377 e. The zero-order valence-corrected chi connectivity index (χ0v) is 22.2. The number of hydrogen-bond acceptors (Lipinski definition) is 3. The van der Waals surface area contributed by atoms with E-state index >= 15 is 0 Å². The van der Waals surface area contributed by atoms with Gasteiger partial charge in [-0.25, -0.2) is 4.39 Å². The number of hydrogen-bond donors (Lipinski definition) is 1. The van der Waals surface area contributed by atoms with Crippen molar-refractivity contribution < 1.29 is 14.0 Å². The maximum absolute atomic E-state index is 13.7. The van der Waals surface area contributed by atoms with Gasteiger partial charge in [0.2, 0.25) is 0 Å². The highest BCUT2D eigenvalue weighted by Crippen LogP contribution is 2.30. The molecular formula is C31H29ClFN3O2. The fraction of sp³-hybridized carbons (Fsp3) is 0.161. The number of carbonyl (C=O) groups excluding carboxylic acids is 2. The van der Waals surface area contributed by atoms with Gasteiger partial charge < -0.3 is 15.1 Å². The molecule has 1 atom stereocenters. The molecule has 0 aliphatic carbocycles. The van der Waals surface area contributed by atoms with Crippen LogP contribution in [0, 0.1) is 5.82 Å². The smallest absolute Gasteiger partial charge is 0.257 e. The molecule has 4 aromatic carbocycles. The van der Waals surface area contributed by atoms with Crippen LogP contribution in [0.4, 0.5) is 15.8 Å². The third-order valence-corrected chi connectivity index (χ3v) is 6.71. The van der Waals surface area contributed by atoms with Crippen LogP contribution in [0.2, 0.25) is 5.02 Å². The van der Waals surface area contributed by atoms with E-state index < -0.39 is 5.82 Å². The van der Waals surface area contributed by atoms with Gasteiger partial charge in [-0.1, -0.05) is 54.1 Å². The normalized spacial score (nSPS) is 11.5. The quantitative estimate of drug-likeness (QED) is 0.262. The Balaban J connectivity index is 1.71. The van der Waals surface area contributed by atoms with Crippen LogP contribution in [0.25, 0.3) is 0 Å². The minimum Gasteiger partial charge on any atom is -0.377 e. The van der Waals surface area contributed by atoms with Crippen LogP contribution in [-0.2, 0) is 6.54 Å². The summed E-state index contributed by atoms with van der Waals surface area (Å²) in [6, 6.07) is 27.5. The number of halogens is 2. The molecule has 0 saturated heterocycles. The molecule has 0 aliphatic heterocycles. The van der Waals surface area contributed by atoms with Crippen molar-refractivity contribution in [2.24, 2.45) is 0 Å². The van der Waals surface area contributed by atoms with E-state index in [-0.39, 0.29) is 24.4 Å². The van der Waals surface area contributed by atoms with Crippen LogP contribution < -0.4 is 10.2 Å². The van der Waals surface area contributed by atoms with Gasteiger partial charge >= 0.3 is 0 Å². The summed E-state index contributed by atoms with van der Waals surface area (Å²) in [6.07, 6.45) is 0. The summed E-state index contributed by atoms with van der Waals surface area (Å²) in [6.45, 7) is 2.23. The van der Waals surface area contributed by atoms with E-state index in [1.165, 1.54) is 24.3 Å². The van der Waals surface area contributed by atoms with Crippen molar-refractivity contribution >= 4 is 34.8 Å². The van der Waals surface area contributed by atoms with E-state index in [4.69, 9.17) is 11.6 Å². The van der Waals surface area contributed by atoms with Crippen LogP contribution in [0.15, 0.2) is 97.1 Å². The molecule has 2 amide bonds. The first-order valence-electron chi connectivity index (χ1n) is 12.2. The Morgan fingerprint density at radius 1 is 0.895 bits per heavy atom. The van der Waals surface area contributed by atoms with Crippen molar-refractivity contribution in [1.29, 1.82) is 0 Å². The van der Waals surface area contributed by atoms with Gasteiger partial charge in [0.05, 0.1) is 16.6 Å². The Kier molecular flexibility index (Phi) is 8.44. The molecule has 194 valence electrons. The summed E-state index contributed by atoms with van der Waals surface area (Å²) >= 11 is 6.21. The second kappa shape index (κ2) is 11.9. The predicted octanol–water partition coefficient (Wildman–Crippen LogP) is 7.20. The highest BCUT2D eigenvalue weighted by atomic mass is 35.5. The monoisotopic (exact) mass is 529 g/mol.